The molecular weight excluding hydrogens is 241 g/mol. The van der Waals surface area contributed by atoms with Crippen molar-refractivity contribution >= 4 is 5.69 Å². The van der Waals surface area contributed by atoms with Crippen LogP contribution in [0.15, 0.2) is 42.6 Å². The summed E-state index contributed by atoms with van der Waals surface area (Å²) < 4.78 is 12.8. The van der Waals surface area contributed by atoms with Crippen LogP contribution in [0.3, 0.4) is 0 Å². The van der Waals surface area contributed by atoms with E-state index in [-0.39, 0.29) is 5.82 Å². The number of halogens is 1. The van der Waals surface area contributed by atoms with Gasteiger partial charge in [0.2, 0.25) is 0 Å². The first-order valence-corrected chi connectivity index (χ1v) is 6.14. The third kappa shape index (κ3) is 2.55. The predicted octanol–water partition coefficient (Wildman–Crippen LogP) is 3.06. The van der Waals surface area contributed by atoms with E-state index in [0.29, 0.717) is 17.7 Å². The molecule has 0 unspecified atom stereocenters. The van der Waals surface area contributed by atoms with Gasteiger partial charge in [-0.25, -0.2) is 9.37 Å². The summed E-state index contributed by atoms with van der Waals surface area (Å²) in [4.78, 5) is 4.01. The van der Waals surface area contributed by atoms with Crippen LogP contribution in [-0.4, -0.2) is 11.0 Å². The highest BCUT2D eigenvalue weighted by molar-refractivity contribution is 5.47. The summed E-state index contributed by atoms with van der Waals surface area (Å²) in [5, 5.41) is 12.0. The number of nitrogens with zero attached hydrogens (tertiary/aromatic N) is 2. The van der Waals surface area contributed by atoms with E-state index in [4.69, 9.17) is 5.26 Å². The Balaban J connectivity index is 1.64. The largest absolute Gasteiger partial charge is 0.380 e. The molecule has 0 amide bonds. The van der Waals surface area contributed by atoms with E-state index < -0.39 is 0 Å². The van der Waals surface area contributed by atoms with Crippen LogP contribution < -0.4 is 5.32 Å². The van der Waals surface area contributed by atoms with E-state index in [2.05, 4.69) is 10.3 Å². The second-order valence-corrected chi connectivity index (χ2v) is 4.69. The zero-order valence-corrected chi connectivity index (χ0v) is 10.2. The summed E-state index contributed by atoms with van der Waals surface area (Å²) in [7, 11) is 0. The molecule has 0 saturated heterocycles. The van der Waals surface area contributed by atoms with Gasteiger partial charge in [0.1, 0.15) is 17.6 Å². The molecule has 0 radical (unpaired) electrons. The molecule has 0 spiro atoms. The molecule has 1 heterocycles. The topological polar surface area (TPSA) is 48.7 Å². The van der Waals surface area contributed by atoms with Gasteiger partial charge in [-0.1, -0.05) is 12.1 Å². The Labute approximate surface area is 110 Å². The summed E-state index contributed by atoms with van der Waals surface area (Å²) in [5.41, 5.74) is 2.48. The molecular formula is C15H12FN3. The molecule has 94 valence electrons. The molecule has 3 rings (SSSR count). The van der Waals surface area contributed by atoms with Crippen molar-refractivity contribution in [1.29, 1.82) is 5.26 Å². The number of nitriles is 1. The molecule has 1 fully saturated rings. The Morgan fingerprint density at radius 3 is 2.63 bits per heavy atom. The van der Waals surface area contributed by atoms with Gasteiger partial charge in [0.05, 0.1) is 11.9 Å². The SMILES string of the molecule is N#Cc1ccc(N[C@@H]2C[C@H]2c2ccc(F)cc2)cn1. The maximum atomic E-state index is 12.8. The molecule has 1 aromatic heterocycles. The zero-order valence-electron chi connectivity index (χ0n) is 10.2. The van der Waals surface area contributed by atoms with Crippen molar-refractivity contribution in [1.82, 2.24) is 4.98 Å². The Kier molecular flexibility index (Phi) is 2.88. The first-order valence-electron chi connectivity index (χ1n) is 6.14. The van der Waals surface area contributed by atoms with Crippen LogP contribution in [0, 0.1) is 17.1 Å². The average Bonchev–Trinajstić information content (AvgIpc) is 3.20. The lowest BCUT2D eigenvalue weighted by molar-refractivity contribution is 0.627. The second-order valence-electron chi connectivity index (χ2n) is 4.69. The maximum absolute atomic E-state index is 12.8. The quantitative estimate of drug-likeness (QED) is 0.914. The molecule has 4 heteroatoms. The van der Waals surface area contributed by atoms with Crippen LogP contribution in [0.1, 0.15) is 23.6 Å². The first-order chi connectivity index (χ1) is 9.26. The summed E-state index contributed by atoms with van der Waals surface area (Å²) in [6.07, 6.45) is 2.70. The molecule has 1 aromatic carbocycles. The minimum Gasteiger partial charge on any atom is -0.380 e. The third-order valence-corrected chi connectivity index (χ3v) is 3.32. The standard InChI is InChI=1S/C15H12FN3/c16-11-3-1-10(2-4-11)14-7-15(14)19-13-6-5-12(8-17)18-9-13/h1-6,9,14-15,19H,7H2/t14-,15+/m0/s1. The van der Waals surface area contributed by atoms with Gasteiger partial charge in [0, 0.05) is 12.0 Å². The van der Waals surface area contributed by atoms with Crippen molar-refractivity contribution in [3.8, 4) is 6.07 Å². The fourth-order valence-corrected chi connectivity index (χ4v) is 2.19. The molecule has 2 aromatic rings. The molecule has 19 heavy (non-hydrogen) atoms. The van der Waals surface area contributed by atoms with Crippen molar-refractivity contribution in [3.05, 3.63) is 59.7 Å². The van der Waals surface area contributed by atoms with Crippen LogP contribution >= 0.6 is 0 Å². The van der Waals surface area contributed by atoms with Crippen molar-refractivity contribution in [3.63, 3.8) is 0 Å². The minimum atomic E-state index is -0.204. The van der Waals surface area contributed by atoms with Gasteiger partial charge in [-0.2, -0.15) is 5.26 Å². The van der Waals surface area contributed by atoms with Crippen molar-refractivity contribution in [2.75, 3.05) is 5.32 Å². The van der Waals surface area contributed by atoms with E-state index in [0.717, 1.165) is 17.7 Å². The smallest absolute Gasteiger partial charge is 0.140 e. The number of pyridine rings is 1. The number of nitrogens with one attached hydrogen (secondary N) is 1. The van der Waals surface area contributed by atoms with Crippen molar-refractivity contribution < 1.29 is 4.39 Å². The summed E-state index contributed by atoms with van der Waals surface area (Å²) >= 11 is 0. The number of rotatable bonds is 3. The van der Waals surface area contributed by atoms with Gasteiger partial charge in [-0.05, 0) is 36.2 Å². The Morgan fingerprint density at radius 1 is 1.21 bits per heavy atom. The maximum Gasteiger partial charge on any atom is 0.140 e. The predicted molar refractivity (Wildman–Crippen MR) is 70.1 cm³/mol. The normalized spacial score (nSPS) is 20.6. The first kappa shape index (κ1) is 11.7. The van der Waals surface area contributed by atoms with E-state index in [1.165, 1.54) is 12.1 Å². The van der Waals surface area contributed by atoms with E-state index in [1.54, 1.807) is 12.3 Å². The number of benzene rings is 1. The highest BCUT2D eigenvalue weighted by atomic mass is 19.1. The van der Waals surface area contributed by atoms with Gasteiger partial charge in [0.25, 0.3) is 0 Å². The summed E-state index contributed by atoms with van der Waals surface area (Å²) in [6, 6.07) is 12.5. The highest BCUT2D eigenvalue weighted by Gasteiger charge is 2.38. The van der Waals surface area contributed by atoms with Gasteiger partial charge in [-0.3, -0.25) is 0 Å². The van der Waals surface area contributed by atoms with Crippen LogP contribution in [0.4, 0.5) is 10.1 Å². The highest BCUT2D eigenvalue weighted by Crippen LogP contribution is 2.42. The third-order valence-electron chi connectivity index (χ3n) is 3.32. The molecule has 1 aliphatic carbocycles. The number of hydrogen-bond acceptors (Lipinski definition) is 3. The van der Waals surface area contributed by atoms with Crippen molar-refractivity contribution in [2.24, 2.45) is 0 Å². The second kappa shape index (κ2) is 4.69. The van der Waals surface area contributed by atoms with Crippen molar-refractivity contribution in [2.45, 2.75) is 18.4 Å². The van der Waals surface area contributed by atoms with Gasteiger partial charge < -0.3 is 5.32 Å². The fraction of sp³-hybridized carbons (Fsp3) is 0.200. The average molecular weight is 253 g/mol. The van der Waals surface area contributed by atoms with Gasteiger partial charge in [0.15, 0.2) is 0 Å². The van der Waals surface area contributed by atoms with Crippen LogP contribution in [0.2, 0.25) is 0 Å². The summed E-state index contributed by atoms with van der Waals surface area (Å²) in [5.74, 6) is 0.224. The van der Waals surface area contributed by atoms with Gasteiger partial charge in [-0.15, -0.1) is 0 Å². The lowest BCUT2D eigenvalue weighted by atomic mass is 10.1. The monoisotopic (exact) mass is 253 g/mol. The molecule has 1 N–H and O–H groups in total. The number of anilines is 1. The van der Waals surface area contributed by atoms with E-state index >= 15 is 0 Å². The number of aromatic nitrogens is 1. The lowest BCUT2D eigenvalue weighted by Gasteiger charge is -2.05. The van der Waals surface area contributed by atoms with Crippen LogP contribution in [0.5, 0.6) is 0 Å². The Hall–Kier alpha value is -2.41. The van der Waals surface area contributed by atoms with Gasteiger partial charge >= 0.3 is 0 Å². The fourth-order valence-electron chi connectivity index (χ4n) is 2.19. The lowest BCUT2D eigenvalue weighted by Crippen LogP contribution is -2.04. The number of hydrogen-bond donors (Lipinski definition) is 1. The Morgan fingerprint density at radius 2 is 2.00 bits per heavy atom. The zero-order chi connectivity index (χ0) is 13.2. The van der Waals surface area contributed by atoms with Crippen LogP contribution in [0.25, 0.3) is 0 Å². The van der Waals surface area contributed by atoms with E-state index in [9.17, 15) is 4.39 Å². The molecule has 0 bridgehead atoms. The Bertz CT molecular complexity index is 613. The van der Waals surface area contributed by atoms with E-state index in [1.807, 2.05) is 24.3 Å². The molecule has 1 aliphatic rings. The molecule has 2 atom stereocenters. The van der Waals surface area contributed by atoms with Crippen LogP contribution in [-0.2, 0) is 0 Å². The molecule has 1 saturated carbocycles. The summed E-state index contributed by atoms with van der Waals surface area (Å²) in [6.45, 7) is 0. The molecule has 0 aliphatic heterocycles. The minimum absolute atomic E-state index is 0.204. The molecule has 3 nitrogen and oxygen atoms in total.